The van der Waals surface area contributed by atoms with Gasteiger partial charge in [-0.2, -0.15) is 0 Å². The average Bonchev–Trinajstić information content (AvgIpc) is 3.28. The number of nitrogens with zero attached hydrogens (tertiary/aromatic N) is 6. The number of benzene rings is 1. The van der Waals surface area contributed by atoms with Crippen LogP contribution in [-0.2, 0) is 6.54 Å². The number of pyridine rings is 1. The summed E-state index contributed by atoms with van der Waals surface area (Å²) in [6.07, 6.45) is 7.25. The number of hydrogen-bond donors (Lipinski definition) is 0. The minimum Gasteiger partial charge on any atom is -0.323 e. The van der Waals surface area contributed by atoms with Crippen LogP contribution in [0.2, 0.25) is 0 Å². The molecule has 3 heterocycles. The zero-order valence-electron chi connectivity index (χ0n) is 14.4. The van der Waals surface area contributed by atoms with Crippen LogP contribution in [-0.4, -0.2) is 49.6 Å². The summed E-state index contributed by atoms with van der Waals surface area (Å²) < 4.78 is 4.15. The van der Waals surface area contributed by atoms with E-state index >= 15 is 0 Å². The molecule has 25 heavy (non-hydrogen) atoms. The molecule has 4 aromatic rings. The van der Waals surface area contributed by atoms with Crippen molar-refractivity contribution >= 4 is 11.0 Å². The maximum Gasteiger partial charge on any atom is 0.142 e. The molecule has 0 atom stereocenters. The van der Waals surface area contributed by atoms with Gasteiger partial charge in [-0.05, 0) is 38.4 Å². The molecular weight excluding hydrogens is 312 g/mol. The summed E-state index contributed by atoms with van der Waals surface area (Å²) >= 11 is 0. The quantitative estimate of drug-likeness (QED) is 0.564. The molecule has 0 aliphatic carbocycles. The minimum atomic E-state index is 0.845. The molecule has 3 aromatic heterocycles. The van der Waals surface area contributed by atoms with Gasteiger partial charge in [0.1, 0.15) is 18.0 Å². The number of likely N-dealkylation sites (N-methyl/N-ethyl adjacent to an activating group) is 1. The van der Waals surface area contributed by atoms with Gasteiger partial charge in [-0.15, -0.1) is 0 Å². The monoisotopic (exact) mass is 332 g/mol. The van der Waals surface area contributed by atoms with Crippen LogP contribution in [0.3, 0.4) is 0 Å². The first-order chi connectivity index (χ1) is 12.2. The van der Waals surface area contributed by atoms with E-state index in [0.29, 0.717) is 0 Å². The maximum atomic E-state index is 4.84. The molecule has 0 bridgehead atoms. The molecule has 0 amide bonds. The molecule has 0 saturated heterocycles. The number of hydrogen-bond acceptors (Lipinski definition) is 4. The van der Waals surface area contributed by atoms with Gasteiger partial charge >= 0.3 is 0 Å². The van der Waals surface area contributed by atoms with Crippen LogP contribution in [0.1, 0.15) is 0 Å². The van der Waals surface area contributed by atoms with Gasteiger partial charge in [-0.25, -0.2) is 15.0 Å². The largest absolute Gasteiger partial charge is 0.323 e. The van der Waals surface area contributed by atoms with Crippen molar-refractivity contribution in [3.8, 4) is 17.2 Å². The Hall–Kier alpha value is -2.99. The van der Waals surface area contributed by atoms with Gasteiger partial charge in [-0.1, -0.05) is 12.1 Å². The topological polar surface area (TPSA) is 51.8 Å². The lowest BCUT2D eigenvalue weighted by molar-refractivity contribution is 0.387. The lowest BCUT2D eigenvalue weighted by Gasteiger charge is -2.13. The van der Waals surface area contributed by atoms with Crippen molar-refractivity contribution in [1.82, 2.24) is 29.0 Å². The molecule has 0 saturated carbocycles. The summed E-state index contributed by atoms with van der Waals surface area (Å²) in [6.45, 7) is 1.83. The van der Waals surface area contributed by atoms with Gasteiger partial charge in [0.25, 0.3) is 0 Å². The highest BCUT2D eigenvalue weighted by atomic mass is 15.1. The zero-order chi connectivity index (χ0) is 17.2. The number of aromatic nitrogens is 5. The van der Waals surface area contributed by atoms with Crippen molar-refractivity contribution < 1.29 is 0 Å². The Balaban J connectivity index is 1.76. The third kappa shape index (κ3) is 3.04. The van der Waals surface area contributed by atoms with E-state index in [9.17, 15) is 0 Å². The fraction of sp³-hybridized carbons (Fsp3) is 0.211. The normalized spacial score (nSPS) is 11.5. The van der Waals surface area contributed by atoms with Gasteiger partial charge in [0.05, 0.1) is 11.0 Å². The molecular formula is C19H20N6. The molecule has 1 aromatic carbocycles. The standard InChI is InChI=1S/C19H20N6/c1-23(2)11-12-25-17-6-4-3-5-16(17)22-19(25)15-7-8-18(21-13-15)24-10-9-20-14-24/h3-10,13-14H,11-12H2,1-2H3. The highest BCUT2D eigenvalue weighted by Crippen LogP contribution is 2.24. The van der Waals surface area contributed by atoms with Crippen LogP contribution in [0.5, 0.6) is 0 Å². The molecule has 0 aliphatic heterocycles. The molecule has 126 valence electrons. The highest BCUT2D eigenvalue weighted by molar-refractivity contribution is 5.80. The predicted molar refractivity (Wildman–Crippen MR) is 98.6 cm³/mol. The van der Waals surface area contributed by atoms with Crippen LogP contribution in [0, 0.1) is 0 Å². The van der Waals surface area contributed by atoms with E-state index in [1.807, 2.05) is 29.1 Å². The Kier molecular flexibility index (Phi) is 4.03. The van der Waals surface area contributed by atoms with E-state index in [1.54, 1.807) is 12.5 Å². The van der Waals surface area contributed by atoms with Gasteiger partial charge in [0, 0.05) is 37.2 Å². The Morgan fingerprint density at radius 2 is 1.96 bits per heavy atom. The lowest BCUT2D eigenvalue weighted by Crippen LogP contribution is -2.18. The first-order valence-electron chi connectivity index (χ1n) is 8.27. The molecule has 0 radical (unpaired) electrons. The second kappa shape index (κ2) is 6.49. The summed E-state index contributed by atoms with van der Waals surface area (Å²) in [4.78, 5) is 15.6. The minimum absolute atomic E-state index is 0.845. The zero-order valence-corrected chi connectivity index (χ0v) is 14.4. The Bertz CT molecular complexity index is 967. The van der Waals surface area contributed by atoms with Crippen LogP contribution in [0.4, 0.5) is 0 Å². The third-order valence-corrected chi connectivity index (χ3v) is 4.20. The SMILES string of the molecule is CN(C)CCn1c(-c2ccc(-n3ccnc3)nc2)nc2ccccc21. The first-order valence-corrected chi connectivity index (χ1v) is 8.27. The van der Waals surface area contributed by atoms with Gasteiger partial charge < -0.3 is 9.47 Å². The van der Waals surface area contributed by atoms with Crippen molar-refractivity contribution in [2.24, 2.45) is 0 Å². The van der Waals surface area contributed by atoms with Crippen molar-refractivity contribution in [1.29, 1.82) is 0 Å². The molecule has 0 aliphatic rings. The number of rotatable bonds is 5. The van der Waals surface area contributed by atoms with E-state index in [2.05, 4.69) is 57.8 Å². The summed E-state index contributed by atoms with van der Waals surface area (Å²) in [7, 11) is 4.17. The van der Waals surface area contributed by atoms with Crippen molar-refractivity contribution in [3.63, 3.8) is 0 Å². The van der Waals surface area contributed by atoms with Gasteiger partial charge in [0.15, 0.2) is 0 Å². The Morgan fingerprint density at radius 3 is 2.68 bits per heavy atom. The summed E-state index contributed by atoms with van der Waals surface area (Å²) in [5.41, 5.74) is 3.17. The highest BCUT2D eigenvalue weighted by Gasteiger charge is 2.13. The maximum absolute atomic E-state index is 4.84. The number of fused-ring (bicyclic) bond motifs is 1. The van der Waals surface area contributed by atoms with E-state index in [-0.39, 0.29) is 0 Å². The molecule has 6 heteroatoms. The van der Waals surface area contributed by atoms with E-state index in [1.165, 1.54) is 0 Å². The smallest absolute Gasteiger partial charge is 0.142 e. The fourth-order valence-corrected chi connectivity index (χ4v) is 2.89. The Morgan fingerprint density at radius 1 is 1.08 bits per heavy atom. The van der Waals surface area contributed by atoms with Gasteiger partial charge in [0.2, 0.25) is 0 Å². The average molecular weight is 332 g/mol. The molecule has 0 spiro atoms. The van der Waals surface area contributed by atoms with Crippen LogP contribution < -0.4 is 0 Å². The first kappa shape index (κ1) is 15.5. The molecule has 4 rings (SSSR count). The molecule has 0 N–H and O–H groups in total. The molecule has 0 fully saturated rings. The summed E-state index contributed by atoms with van der Waals surface area (Å²) in [6, 6.07) is 12.3. The lowest BCUT2D eigenvalue weighted by atomic mass is 10.2. The third-order valence-electron chi connectivity index (χ3n) is 4.20. The van der Waals surface area contributed by atoms with Crippen LogP contribution in [0.25, 0.3) is 28.2 Å². The number of para-hydroxylation sites is 2. The van der Waals surface area contributed by atoms with E-state index in [0.717, 1.165) is 41.3 Å². The van der Waals surface area contributed by atoms with Crippen LogP contribution >= 0.6 is 0 Å². The second-order valence-electron chi connectivity index (χ2n) is 6.25. The van der Waals surface area contributed by atoms with Crippen molar-refractivity contribution in [3.05, 3.63) is 61.3 Å². The van der Waals surface area contributed by atoms with Crippen molar-refractivity contribution in [2.45, 2.75) is 6.54 Å². The summed E-state index contributed by atoms with van der Waals surface area (Å²) in [5.74, 6) is 1.80. The van der Waals surface area contributed by atoms with E-state index < -0.39 is 0 Å². The van der Waals surface area contributed by atoms with Crippen LogP contribution in [0.15, 0.2) is 61.3 Å². The molecule has 6 nitrogen and oxygen atoms in total. The van der Waals surface area contributed by atoms with Gasteiger partial charge in [-0.3, -0.25) is 4.57 Å². The second-order valence-corrected chi connectivity index (χ2v) is 6.25. The number of imidazole rings is 2. The predicted octanol–water partition coefficient (Wildman–Crippen LogP) is 2.85. The fourth-order valence-electron chi connectivity index (χ4n) is 2.89. The Labute approximate surface area is 146 Å². The van der Waals surface area contributed by atoms with Crippen molar-refractivity contribution in [2.75, 3.05) is 20.6 Å². The molecule has 0 unspecified atom stereocenters. The van der Waals surface area contributed by atoms with E-state index in [4.69, 9.17) is 4.98 Å². The summed E-state index contributed by atoms with van der Waals surface area (Å²) in [5, 5.41) is 0.